The molecule has 38 heavy (non-hydrogen) atoms. The Balaban J connectivity index is 1.34. The Kier molecular flexibility index (Phi) is 7.33. The molecule has 0 radical (unpaired) electrons. The molecular formula is C28H35N7O3. The second-order valence-electron chi connectivity index (χ2n) is 10.5. The molecule has 1 amide bonds. The van der Waals surface area contributed by atoms with Gasteiger partial charge in [-0.1, -0.05) is 12.1 Å². The number of rotatable bonds is 4. The van der Waals surface area contributed by atoms with E-state index in [2.05, 4.69) is 56.2 Å². The van der Waals surface area contributed by atoms with Crippen molar-refractivity contribution in [2.45, 2.75) is 26.4 Å². The van der Waals surface area contributed by atoms with E-state index in [1.807, 2.05) is 20.8 Å². The predicted octanol–water partition coefficient (Wildman–Crippen LogP) is 3.68. The molecule has 0 saturated carbocycles. The van der Waals surface area contributed by atoms with Crippen LogP contribution in [0.4, 0.5) is 22.2 Å². The highest BCUT2D eigenvalue weighted by atomic mass is 16.6. The fourth-order valence-electron chi connectivity index (χ4n) is 4.59. The summed E-state index contributed by atoms with van der Waals surface area (Å²) in [4.78, 5) is 31.9. The smallest absolute Gasteiger partial charge is 0.410 e. The summed E-state index contributed by atoms with van der Waals surface area (Å²) in [5.41, 5.74) is 10.1. The second-order valence-corrected chi connectivity index (χ2v) is 10.5. The van der Waals surface area contributed by atoms with Gasteiger partial charge < -0.3 is 29.9 Å². The highest BCUT2D eigenvalue weighted by molar-refractivity contribution is 5.75. The van der Waals surface area contributed by atoms with E-state index in [1.165, 1.54) is 0 Å². The van der Waals surface area contributed by atoms with Crippen molar-refractivity contribution in [3.05, 3.63) is 48.8 Å². The number of aromatic nitrogens is 3. The lowest BCUT2D eigenvalue weighted by molar-refractivity contribution is 0.0240. The number of morpholine rings is 1. The maximum Gasteiger partial charge on any atom is 0.410 e. The molecule has 0 unspecified atom stereocenters. The van der Waals surface area contributed by atoms with E-state index in [0.717, 1.165) is 60.1 Å². The molecule has 2 aliphatic rings. The molecular weight excluding hydrogens is 482 g/mol. The van der Waals surface area contributed by atoms with Gasteiger partial charge in [0, 0.05) is 62.9 Å². The molecule has 10 nitrogen and oxygen atoms in total. The van der Waals surface area contributed by atoms with Gasteiger partial charge in [0.25, 0.3) is 0 Å². The molecule has 10 heteroatoms. The first-order chi connectivity index (χ1) is 18.2. The summed E-state index contributed by atoms with van der Waals surface area (Å²) in [6.45, 7) is 11.4. The van der Waals surface area contributed by atoms with Crippen molar-refractivity contribution >= 4 is 23.5 Å². The van der Waals surface area contributed by atoms with Gasteiger partial charge in [0.1, 0.15) is 11.4 Å². The Morgan fingerprint density at radius 3 is 2.16 bits per heavy atom. The third kappa shape index (κ3) is 6.13. The minimum absolute atomic E-state index is 0.237. The van der Waals surface area contributed by atoms with Gasteiger partial charge in [-0.05, 0) is 56.2 Å². The molecule has 2 aliphatic heterocycles. The van der Waals surface area contributed by atoms with Crippen LogP contribution in [0, 0.1) is 0 Å². The monoisotopic (exact) mass is 517 g/mol. The van der Waals surface area contributed by atoms with Gasteiger partial charge in [-0.3, -0.25) is 0 Å². The van der Waals surface area contributed by atoms with Gasteiger partial charge >= 0.3 is 6.09 Å². The van der Waals surface area contributed by atoms with Crippen molar-refractivity contribution in [1.29, 1.82) is 0 Å². The Morgan fingerprint density at radius 2 is 1.53 bits per heavy atom. The van der Waals surface area contributed by atoms with Crippen molar-refractivity contribution in [1.82, 2.24) is 19.9 Å². The Labute approximate surface area is 223 Å². The second kappa shape index (κ2) is 10.8. The lowest BCUT2D eigenvalue weighted by Crippen LogP contribution is -2.50. The highest BCUT2D eigenvalue weighted by Crippen LogP contribution is 2.31. The Hall–Kier alpha value is -3.92. The van der Waals surface area contributed by atoms with E-state index in [0.29, 0.717) is 26.3 Å². The fraction of sp³-hybridized carbons (Fsp3) is 0.429. The SMILES string of the molecule is CC(C)(C)OC(=O)N1CCN(c2ccc(-c3cc(-c4cnc(N)nc4)nc(N4CCOCC4)c3)cc2)CC1. The predicted molar refractivity (Wildman–Crippen MR) is 148 cm³/mol. The van der Waals surface area contributed by atoms with Gasteiger partial charge in [0.2, 0.25) is 5.95 Å². The quantitative estimate of drug-likeness (QED) is 0.554. The van der Waals surface area contributed by atoms with Gasteiger partial charge in [0.05, 0.1) is 18.9 Å². The van der Waals surface area contributed by atoms with Crippen LogP contribution < -0.4 is 15.5 Å². The van der Waals surface area contributed by atoms with Crippen LogP contribution in [0.3, 0.4) is 0 Å². The van der Waals surface area contributed by atoms with E-state index in [-0.39, 0.29) is 12.0 Å². The molecule has 3 aromatic rings. The van der Waals surface area contributed by atoms with E-state index >= 15 is 0 Å². The molecule has 1 aromatic carbocycles. The number of nitrogens with zero attached hydrogens (tertiary/aromatic N) is 6. The van der Waals surface area contributed by atoms with Crippen molar-refractivity contribution in [3.63, 3.8) is 0 Å². The van der Waals surface area contributed by atoms with E-state index < -0.39 is 5.60 Å². The summed E-state index contributed by atoms with van der Waals surface area (Å²) >= 11 is 0. The number of hydrogen-bond donors (Lipinski definition) is 1. The first kappa shape index (κ1) is 25.7. The average molecular weight is 518 g/mol. The van der Waals surface area contributed by atoms with Crippen LogP contribution in [0.1, 0.15) is 20.8 Å². The normalized spacial score (nSPS) is 16.4. The van der Waals surface area contributed by atoms with Gasteiger partial charge in [0.15, 0.2) is 0 Å². The van der Waals surface area contributed by atoms with Gasteiger partial charge in [-0.2, -0.15) is 0 Å². The summed E-state index contributed by atoms with van der Waals surface area (Å²) in [5, 5.41) is 0. The number of nitrogen functional groups attached to an aromatic ring is 1. The number of ether oxygens (including phenoxy) is 2. The van der Waals surface area contributed by atoms with E-state index in [9.17, 15) is 4.79 Å². The standard InChI is InChI=1S/C28H35N7O3/c1-28(2,3)38-27(36)35-10-8-33(9-11-35)23-6-4-20(5-7-23)21-16-24(22-18-30-26(29)31-19-22)32-25(17-21)34-12-14-37-15-13-34/h4-7,16-19H,8-15H2,1-3H3,(H2,29,30,31). The van der Waals surface area contributed by atoms with Crippen LogP contribution in [0.25, 0.3) is 22.4 Å². The van der Waals surface area contributed by atoms with Crippen LogP contribution in [-0.4, -0.2) is 84.0 Å². The number of nitrogens with two attached hydrogens (primary N) is 1. The van der Waals surface area contributed by atoms with Crippen molar-refractivity contribution in [3.8, 4) is 22.4 Å². The third-order valence-corrected chi connectivity index (χ3v) is 6.61. The lowest BCUT2D eigenvalue weighted by Gasteiger charge is -2.36. The molecule has 0 atom stereocenters. The zero-order valence-electron chi connectivity index (χ0n) is 22.3. The number of carbonyl (C=O) groups excluding carboxylic acids is 1. The van der Waals surface area contributed by atoms with Crippen molar-refractivity contribution < 1.29 is 14.3 Å². The van der Waals surface area contributed by atoms with Crippen LogP contribution >= 0.6 is 0 Å². The molecule has 2 saturated heterocycles. The van der Waals surface area contributed by atoms with Crippen molar-refractivity contribution in [2.24, 2.45) is 0 Å². The largest absolute Gasteiger partial charge is 0.444 e. The Morgan fingerprint density at radius 1 is 0.868 bits per heavy atom. The molecule has 0 spiro atoms. The fourth-order valence-corrected chi connectivity index (χ4v) is 4.59. The van der Waals surface area contributed by atoms with E-state index in [1.54, 1.807) is 17.3 Å². The summed E-state index contributed by atoms with van der Waals surface area (Å²) in [7, 11) is 0. The van der Waals surface area contributed by atoms with Crippen LogP contribution in [0.2, 0.25) is 0 Å². The Bertz CT molecular complexity index is 1240. The maximum atomic E-state index is 12.4. The molecule has 5 rings (SSSR count). The number of anilines is 3. The zero-order chi connectivity index (χ0) is 26.7. The molecule has 2 aromatic heterocycles. The summed E-state index contributed by atoms with van der Waals surface area (Å²) < 4.78 is 11.1. The molecule has 0 aliphatic carbocycles. The topological polar surface area (TPSA) is 110 Å². The zero-order valence-corrected chi connectivity index (χ0v) is 22.3. The third-order valence-electron chi connectivity index (χ3n) is 6.61. The maximum absolute atomic E-state index is 12.4. The summed E-state index contributed by atoms with van der Waals surface area (Å²) in [5.74, 6) is 1.14. The molecule has 200 valence electrons. The van der Waals surface area contributed by atoms with Crippen molar-refractivity contribution in [2.75, 3.05) is 68.0 Å². The van der Waals surface area contributed by atoms with E-state index in [4.69, 9.17) is 20.2 Å². The minimum atomic E-state index is -0.487. The van der Waals surface area contributed by atoms with Crippen LogP contribution in [-0.2, 0) is 9.47 Å². The van der Waals surface area contributed by atoms with Gasteiger partial charge in [-0.15, -0.1) is 0 Å². The molecule has 2 N–H and O–H groups in total. The first-order valence-electron chi connectivity index (χ1n) is 13.0. The first-order valence-corrected chi connectivity index (χ1v) is 13.0. The number of hydrogen-bond acceptors (Lipinski definition) is 9. The number of amides is 1. The summed E-state index contributed by atoms with van der Waals surface area (Å²) in [6, 6.07) is 12.7. The van der Waals surface area contributed by atoms with Crippen LogP contribution in [0.5, 0.6) is 0 Å². The van der Waals surface area contributed by atoms with Gasteiger partial charge in [-0.25, -0.2) is 19.7 Å². The number of benzene rings is 1. The minimum Gasteiger partial charge on any atom is -0.444 e. The molecule has 4 heterocycles. The number of piperazine rings is 1. The number of carbonyl (C=O) groups is 1. The van der Waals surface area contributed by atoms with Crippen LogP contribution in [0.15, 0.2) is 48.8 Å². The highest BCUT2D eigenvalue weighted by Gasteiger charge is 2.26. The molecule has 2 fully saturated rings. The lowest BCUT2D eigenvalue weighted by atomic mass is 10.0. The average Bonchev–Trinajstić information content (AvgIpc) is 2.93. The summed E-state index contributed by atoms with van der Waals surface area (Å²) in [6.07, 6.45) is 3.17. The number of pyridine rings is 1. The molecule has 0 bridgehead atoms.